The number of nitrogens with one attached hydrogen (secondary N) is 1. The lowest BCUT2D eigenvalue weighted by Crippen LogP contribution is -2.08. The van der Waals surface area contributed by atoms with E-state index in [1.165, 1.54) is 13.0 Å². The fraction of sp³-hybridized carbons (Fsp3) is 0.200. The number of carboxylic acid groups (broad SMARTS) is 1. The highest BCUT2D eigenvalue weighted by Gasteiger charge is 2.11. The molecule has 0 saturated heterocycles. The van der Waals surface area contributed by atoms with Gasteiger partial charge in [-0.25, -0.2) is 4.79 Å². The summed E-state index contributed by atoms with van der Waals surface area (Å²) < 4.78 is 0.448. The van der Waals surface area contributed by atoms with Crippen LogP contribution in [0, 0.1) is 6.92 Å². The van der Waals surface area contributed by atoms with E-state index in [9.17, 15) is 9.59 Å². The summed E-state index contributed by atoms with van der Waals surface area (Å²) in [6.07, 6.45) is 0. The molecule has 0 bridgehead atoms. The van der Waals surface area contributed by atoms with Gasteiger partial charge in [0.1, 0.15) is 0 Å². The third kappa shape index (κ3) is 2.79. The topological polar surface area (TPSA) is 66.4 Å². The zero-order valence-corrected chi connectivity index (χ0v) is 9.88. The van der Waals surface area contributed by atoms with Crippen LogP contribution in [0.1, 0.15) is 22.8 Å². The van der Waals surface area contributed by atoms with E-state index in [-0.39, 0.29) is 11.5 Å². The van der Waals surface area contributed by atoms with Crippen molar-refractivity contribution >= 4 is 33.5 Å². The van der Waals surface area contributed by atoms with Crippen molar-refractivity contribution in [2.75, 3.05) is 5.32 Å². The van der Waals surface area contributed by atoms with E-state index in [4.69, 9.17) is 5.11 Å². The molecule has 0 radical (unpaired) electrons. The Kier molecular flexibility index (Phi) is 3.47. The molecule has 0 heterocycles. The minimum Gasteiger partial charge on any atom is -0.478 e. The van der Waals surface area contributed by atoms with Gasteiger partial charge in [0.15, 0.2) is 0 Å². The molecular weight excluding hydrogens is 262 g/mol. The van der Waals surface area contributed by atoms with Crippen LogP contribution in [-0.2, 0) is 4.79 Å². The number of halogens is 1. The highest BCUT2D eigenvalue weighted by Crippen LogP contribution is 2.25. The second-order valence-electron chi connectivity index (χ2n) is 3.13. The Morgan fingerprint density at radius 2 is 2.00 bits per heavy atom. The minimum absolute atomic E-state index is 0.182. The number of aryl methyl sites for hydroxylation is 1. The first-order chi connectivity index (χ1) is 6.91. The van der Waals surface area contributed by atoms with Crippen molar-refractivity contribution in [2.45, 2.75) is 13.8 Å². The number of benzene rings is 1. The quantitative estimate of drug-likeness (QED) is 0.868. The molecule has 2 N–H and O–H groups in total. The molecular formula is C10H10BrNO3. The smallest absolute Gasteiger partial charge is 0.336 e. The summed E-state index contributed by atoms with van der Waals surface area (Å²) in [6, 6.07) is 3.10. The van der Waals surface area contributed by atoms with Gasteiger partial charge in [0.05, 0.1) is 5.56 Å². The molecule has 0 aromatic heterocycles. The SMILES string of the molecule is CC(=O)Nc1cc(Br)c(C(=O)O)cc1C. The third-order valence-electron chi connectivity index (χ3n) is 1.86. The predicted molar refractivity (Wildman–Crippen MR) is 60.1 cm³/mol. The van der Waals surface area contributed by atoms with Crippen LogP contribution in [0.3, 0.4) is 0 Å². The minimum atomic E-state index is -1.00. The van der Waals surface area contributed by atoms with Crippen molar-refractivity contribution in [2.24, 2.45) is 0 Å². The summed E-state index contributed by atoms with van der Waals surface area (Å²) >= 11 is 3.14. The Morgan fingerprint density at radius 3 is 2.47 bits per heavy atom. The first-order valence-electron chi connectivity index (χ1n) is 4.23. The molecule has 1 rings (SSSR count). The molecule has 0 aliphatic heterocycles. The zero-order chi connectivity index (χ0) is 11.6. The summed E-state index contributed by atoms with van der Waals surface area (Å²) in [5.74, 6) is -1.19. The van der Waals surface area contributed by atoms with E-state index in [1.54, 1.807) is 13.0 Å². The fourth-order valence-corrected chi connectivity index (χ4v) is 1.68. The number of carbonyl (C=O) groups is 2. The molecule has 1 aromatic carbocycles. The molecule has 5 heteroatoms. The maximum absolute atomic E-state index is 10.9. The Hall–Kier alpha value is -1.36. The highest BCUT2D eigenvalue weighted by molar-refractivity contribution is 9.10. The van der Waals surface area contributed by atoms with Crippen LogP contribution in [0.15, 0.2) is 16.6 Å². The molecule has 0 saturated carbocycles. The molecule has 0 aliphatic rings. The van der Waals surface area contributed by atoms with E-state index in [0.717, 1.165) is 0 Å². The van der Waals surface area contributed by atoms with Gasteiger partial charge in [0, 0.05) is 17.1 Å². The van der Waals surface area contributed by atoms with Gasteiger partial charge in [-0.1, -0.05) is 0 Å². The number of hydrogen-bond donors (Lipinski definition) is 2. The molecule has 15 heavy (non-hydrogen) atoms. The van der Waals surface area contributed by atoms with Gasteiger partial charge in [-0.2, -0.15) is 0 Å². The van der Waals surface area contributed by atoms with Crippen LogP contribution in [0.2, 0.25) is 0 Å². The van der Waals surface area contributed by atoms with Gasteiger partial charge in [-0.05, 0) is 40.5 Å². The molecule has 80 valence electrons. The molecule has 1 amide bonds. The van der Waals surface area contributed by atoms with E-state index >= 15 is 0 Å². The monoisotopic (exact) mass is 271 g/mol. The summed E-state index contributed by atoms with van der Waals surface area (Å²) in [7, 11) is 0. The summed E-state index contributed by atoms with van der Waals surface area (Å²) in [6.45, 7) is 3.14. The van der Waals surface area contributed by atoms with Gasteiger partial charge in [0.25, 0.3) is 0 Å². The number of carboxylic acids is 1. The highest BCUT2D eigenvalue weighted by atomic mass is 79.9. The van der Waals surface area contributed by atoms with Crippen LogP contribution >= 0.6 is 15.9 Å². The number of hydrogen-bond acceptors (Lipinski definition) is 2. The number of amides is 1. The van der Waals surface area contributed by atoms with Crippen LogP contribution in [0.25, 0.3) is 0 Å². The lowest BCUT2D eigenvalue weighted by atomic mass is 10.1. The molecule has 0 atom stereocenters. The van der Waals surface area contributed by atoms with Crippen molar-refractivity contribution in [3.8, 4) is 0 Å². The van der Waals surface area contributed by atoms with E-state index < -0.39 is 5.97 Å². The lowest BCUT2D eigenvalue weighted by Gasteiger charge is -2.08. The van der Waals surface area contributed by atoms with Crippen molar-refractivity contribution in [1.82, 2.24) is 0 Å². The van der Waals surface area contributed by atoms with E-state index in [1.807, 2.05) is 0 Å². The summed E-state index contributed by atoms with van der Waals surface area (Å²) in [4.78, 5) is 21.6. The molecule has 0 aliphatic carbocycles. The Morgan fingerprint density at radius 1 is 1.40 bits per heavy atom. The average molecular weight is 272 g/mol. The predicted octanol–water partition coefficient (Wildman–Crippen LogP) is 2.41. The van der Waals surface area contributed by atoms with Crippen LogP contribution < -0.4 is 5.32 Å². The van der Waals surface area contributed by atoms with Gasteiger partial charge in [-0.3, -0.25) is 4.79 Å². The normalized spacial score (nSPS) is 9.80. The van der Waals surface area contributed by atoms with Crippen molar-refractivity contribution in [3.63, 3.8) is 0 Å². The average Bonchev–Trinajstić information content (AvgIpc) is 2.09. The standard InChI is InChI=1S/C10H10BrNO3/c1-5-3-7(10(14)15)8(11)4-9(5)12-6(2)13/h3-4H,1-2H3,(H,12,13)(H,14,15). The maximum atomic E-state index is 10.9. The Balaban J connectivity index is 3.19. The van der Waals surface area contributed by atoms with E-state index in [0.29, 0.717) is 15.7 Å². The second kappa shape index (κ2) is 4.44. The number of rotatable bonds is 2. The second-order valence-corrected chi connectivity index (χ2v) is 3.99. The number of carbonyl (C=O) groups excluding carboxylic acids is 1. The van der Waals surface area contributed by atoms with Gasteiger partial charge in [-0.15, -0.1) is 0 Å². The Bertz CT molecular complexity index is 429. The van der Waals surface area contributed by atoms with Gasteiger partial charge in [0.2, 0.25) is 5.91 Å². The third-order valence-corrected chi connectivity index (χ3v) is 2.51. The van der Waals surface area contributed by atoms with Crippen LogP contribution in [-0.4, -0.2) is 17.0 Å². The first-order valence-corrected chi connectivity index (χ1v) is 5.02. The molecule has 1 aromatic rings. The first kappa shape index (κ1) is 11.7. The summed E-state index contributed by atoms with van der Waals surface area (Å²) in [5, 5.41) is 11.5. The molecule has 0 fully saturated rings. The van der Waals surface area contributed by atoms with Crippen molar-refractivity contribution < 1.29 is 14.7 Å². The van der Waals surface area contributed by atoms with E-state index in [2.05, 4.69) is 21.2 Å². The molecule has 0 spiro atoms. The van der Waals surface area contributed by atoms with Gasteiger partial charge >= 0.3 is 5.97 Å². The lowest BCUT2D eigenvalue weighted by molar-refractivity contribution is -0.114. The summed E-state index contributed by atoms with van der Waals surface area (Å²) in [5.41, 5.74) is 1.51. The molecule has 4 nitrogen and oxygen atoms in total. The van der Waals surface area contributed by atoms with Crippen LogP contribution in [0.4, 0.5) is 5.69 Å². The van der Waals surface area contributed by atoms with Crippen LogP contribution in [0.5, 0.6) is 0 Å². The number of anilines is 1. The Labute approximate surface area is 95.4 Å². The zero-order valence-electron chi connectivity index (χ0n) is 8.30. The van der Waals surface area contributed by atoms with Gasteiger partial charge < -0.3 is 10.4 Å². The molecule has 0 unspecified atom stereocenters. The largest absolute Gasteiger partial charge is 0.478 e. The maximum Gasteiger partial charge on any atom is 0.336 e. The van der Waals surface area contributed by atoms with Crippen molar-refractivity contribution in [1.29, 1.82) is 0 Å². The fourth-order valence-electron chi connectivity index (χ4n) is 1.17. The van der Waals surface area contributed by atoms with Crippen molar-refractivity contribution in [3.05, 3.63) is 27.7 Å². The number of aromatic carboxylic acids is 1.